The number of nitrogens with one attached hydrogen (secondary N) is 1. The lowest BCUT2D eigenvalue weighted by molar-refractivity contribution is 0.458. The van der Waals surface area contributed by atoms with Gasteiger partial charge in [0.05, 0.1) is 6.21 Å². The van der Waals surface area contributed by atoms with Crippen molar-refractivity contribution in [1.29, 1.82) is 0 Å². The van der Waals surface area contributed by atoms with Crippen molar-refractivity contribution in [1.82, 2.24) is 0 Å². The maximum atomic E-state index is 13.5. The van der Waals surface area contributed by atoms with Gasteiger partial charge >= 0.3 is 0 Å². The molecule has 0 spiro atoms. The van der Waals surface area contributed by atoms with Crippen molar-refractivity contribution in [2.24, 2.45) is 5.10 Å². The number of aromatic hydroxyl groups is 1. The van der Waals surface area contributed by atoms with Gasteiger partial charge < -0.3 is 10.0 Å². The molecule has 0 fully saturated rings. The Morgan fingerprint density at radius 3 is 2.16 bits per heavy atom. The van der Waals surface area contributed by atoms with Crippen molar-refractivity contribution in [3.63, 3.8) is 0 Å². The van der Waals surface area contributed by atoms with Crippen LogP contribution >= 0.6 is 0 Å². The lowest BCUT2D eigenvalue weighted by atomic mass is 10.2. The third-order valence-corrected chi connectivity index (χ3v) is 3.63. The number of rotatable bonds is 6. The summed E-state index contributed by atoms with van der Waals surface area (Å²) in [7, 11) is 0. The fraction of sp³-hybridized carbons (Fsp3) is 0.235. The Morgan fingerprint density at radius 1 is 1.04 bits per heavy atom. The third kappa shape index (κ3) is 4.01. The fourth-order valence-electron chi connectivity index (χ4n) is 2.26. The van der Waals surface area contributed by atoms with Crippen LogP contribution < -0.4 is 10.3 Å². The average Bonchev–Trinajstić information content (AvgIpc) is 2.59. The summed E-state index contributed by atoms with van der Waals surface area (Å²) in [4.78, 5) is 2.01. The third-order valence-electron chi connectivity index (χ3n) is 3.63. The van der Waals surface area contributed by atoms with Crippen LogP contribution in [0.4, 0.5) is 28.9 Å². The zero-order valence-corrected chi connectivity index (χ0v) is 13.7. The van der Waals surface area contributed by atoms with Crippen LogP contribution in [-0.2, 0) is 0 Å². The number of phenolic OH excluding ortho intramolecular Hbond substituents is 1. The Labute approximate surface area is 142 Å². The molecule has 0 aliphatic heterocycles. The van der Waals surface area contributed by atoms with E-state index in [4.69, 9.17) is 0 Å². The van der Waals surface area contributed by atoms with Gasteiger partial charge in [-0.2, -0.15) is 5.10 Å². The van der Waals surface area contributed by atoms with E-state index in [9.17, 15) is 22.7 Å². The maximum Gasteiger partial charge on any atom is 0.186 e. The van der Waals surface area contributed by atoms with Gasteiger partial charge in [-0.1, -0.05) is 0 Å². The molecular formula is C17H17F4N3O. The quantitative estimate of drug-likeness (QED) is 0.353. The molecule has 134 valence electrons. The smallest absolute Gasteiger partial charge is 0.186 e. The first-order valence-corrected chi connectivity index (χ1v) is 7.59. The first-order valence-electron chi connectivity index (χ1n) is 7.59. The number of phenols is 1. The molecular weight excluding hydrogens is 338 g/mol. The minimum absolute atomic E-state index is 0.0960. The molecule has 8 heteroatoms. The Balaban J connectivity index is 2.21. The number of hydrogen-bond donors (Lipinski definition) is 2. The number of nitrogens with zero attached hydrogens (tertiary/aromatic N) is 2. The van der Waals surface area contributed by atoms with E-state index in [0.29, 0.717) is 0 Å². The molecule has 0 radical (unpaired) electrons. The van der Waals surface area contributed by atoms with Crippen LogP contribution in [0.1, 0.15) is 19.4 Å². The van der Waals surface area contributed by atoms with Crippen LogP contribution in [0.25, 0.3) is 0 Å². The minimum Gasteiger partial charge on any atom is -0.507 e. The van der Waals surface area contributed by atoms with E-state index in [0.717, 1.165) is 25.0 Å². The average molecular weight is 355 g/mol. The molecule has 2 N–H and O–H groups in total. The standard InChI is InChI=1S/C17H17F4N3O/c1-3-24(4-2)11-6-5-10(14(25)7-11)9-22-23-17-15(20)12(18)8-13(19)16(17)21/h5-9,23,25H,3-4H2,1-2H3. The summed E-state index contributed by atoms with van der Waals surface area (Å²) in [5.74, 6) is -6.35. The highest BCUT2D eigenvalue weighted by atomic mass is 19.2. The molecule has 2 rings (SSSR count). The van der Waals surface area contributed by atoms with E-state index in [1.54, 1.807) is 12.1 Å². The first kappa shape index (κ1) is 18.6. The second-order valence-electron chi connectivity index (χ2n) is 5.13. The van der Waals surface area contributed by atoms with Crippen LogP contribution in [0.3, 0.4) is 0 Å². The van der Waals surface area contributed by atoms with Crippen LogP contribution in [-0.4, -0.2) is 24.4 Å². The van der Waals surface area contributed by atoms with E-state index in [1.807, 2.05) is 24.2 Å². The Morgan fingerprint density at radius 2 is 1.64 bits per heavy atom. The first-order chi connectivity index (χ1) is 11.9. The van der Waals surface area contributed by atoms with Crippen molar-refractivity contribution in [3.05, 3.63) is 53.1 Å². The molecule has 0 bridgehead atoms. The van der Waals surface area contributed by atoms with Gasteiger partial charge in [-0.05, 0) is 26.0 Å². The molecule has 0 amide bonds. The number of benzene rings is 2. The van der Waals surface area contributed by atoms with Gasteiger partial charge in [-0.3, -0.25) is 5.43 Å². The Kier molecular flexibility index (Phi) is 5.84. The molecule has 2 aromatic rings. The van der Waals surface area contributed by atoms with Crippen molar-refractivity contribution >= 4 is 17.6 Å². The van der Waals surface area contributed by atoms with Crippen LogP contribution in [0, 0.1) is 23.3 Å². The van der Waals surface area contributed by atoms with E-state index < -0.39 is 29.0 Å². The highest BCUT2D eigenvalue weighted by Crippen LogP contribution is 2.25. The minimum atomic E-state index is -1.59. The number of anilines is 2. The summed E-state index contributed by atoms with van der Waals surface area (Å²) >= 11 is 0. The Hall–Kier alpha value is -2.77. The van der Waals surface area contributed by atoms with Crippen molar-refractivity contribution in [3.8, 4) is 5.75 Å². The zero-order valence-electron chi connectivity index (χ0n) is 13.7. The van der Waals surface area contributed by atoms with E-state index in [1.165, 1.54) is 6.07 Å². The lowest BCUT2D eigenvalue weighted by Crippen LogP contribution is -2.21. The number of halogens is 4. The molecule has 0 saturated carbocycles. The van der Waals surface area contributed by atoms with Gasteiger partial charge in [0.15, 0.2) is 23.3 Å². The largest absolute Gasteiger partial charge is 0.507 e. The summed E-state index contributed by atoms with van der Waals surface area (Å²) in [6.45, 7) is 5.46. The number of hydrogen-bond acceptors (Lipinski definition) is 4. The highest BCUT2D eigenvalue weighted by Gasteiger charge is 2.18. The van der Waals surface area contributed by atoms with Gasteiger partial charge in [0, 0.05) is 36.5 Å². The molecule has 0 unspecified atom stereocenters. The molecule has 0 aromatic heterocycles. The molecule has 0 atom stereocenters. The molecule has 0 aliphatic carbocycles. The van der Waals surface area contributed by atoms with E-state index in [-0.39, 0.29) is 17.4 Å². The van der Waals surface area contributed by atoms with Gasteiger partial charge in [-0.25, -0.2) is 17.6 Å². The van der Waals surface area contributed by atoms with Crippen molar-refractivity contribution in [2.45, 2.75) is 13.8 Å². The zero-order chi connectivity index (χ0) is 18.6. The van der Waals surface area contributed by atoms with Crippen LogP contribution in [0.5, 0.6) is 5.75 Å². The van der Waals surface area contributed by atoms with Crippen LogP contribution in [0.2, 0.25) is 0 Å². The maximum absolute atomic E-state index is 13.5. The van der Waals surface area contributed by atoms with E-state index in [2.05, 4.69) is 5.10 Å². The number of hydrazone groups is 1. The van der Waals surface area contributed by atoms with Gasteiger partial charge in [0.25, 0.3) is 0 Å². The molecule has 2 aromatic carbocycles. The van der Waals surface area contributed by atoms with Crippen molar-refractivity contribution in [2.75, 3.05) is 23.4 Å². The molecule has 4 nitrogen and oxygen atoms in total. The summed E-state index contributed by atoms with van der Waals surface area (Å²) in [6.07, 6.45) is 1.09. The summed E-state index contributed by atoms with van der Waals surface area (Å²) < 4.78 is 53.2. The van der Waals surface area contributed by atoms with Gasteiger partial charge in [0.1, 0.15) is 11.4 Å². The summed E-state index contributed by atoms with van der Waals surface area (Å²) in [6, 6.07) is 4.94. The lowest BCUT2D eigenvalue weighted by Gasteiger charge is -2.21. The second-order valence-corrected chi connectivity index (χ2v) is 5.13. The Bertz CT molecular complexity index is 766. The molecule has 0 aliphatic rings. The molecule has 0 saturated heterocycles. The van der Waals surface area contributed by atoms with E-state index >= 15 is 0 Å². The topological polar surface area (TPSA) is 47.9 Å². The normalized spacial score (nSPS) is 11.1. The van der Waals surface area contributed by atoms with Gasteiger partial charge in [0.2, 0.25) is 0 Å². The van der Waals surface area contributed by atoms with Crippen LogP contribution in [0.15, 0.2) is 29.4 Å². The summed E-state index contributed by atoms with van der Waals surface area (Å²) in [5, 5.41) is 13.5. The molecule has 25 heavy (non-hydrogen) atoms. The predicted molar refractivity (Wildman–Crippen MR) is 89.2 cm³/mol. The second kappa shape index (κ2) is 7.87. The predicted octanol–water partition coefficient (Wildman–Crippen LogP) is 4.24. The van der Waals surface area contributed by atoms with Gasteiger partial charge in [-0.15, -0.1) is 0 Å². The SMILES string of the molecule is CCN(CC)c1ccc(C=NNc2c(F)c(F)cc(F)c2F)c(O)c1. The monoisotopic (exact) mass is 355 g/mol. The summed E-state index contributed by atoms with van der Waals surface area (Å²) in [5.41, 5.74) is 1.94. The fourth-order valence-corrected chi connectivity index (χ4v) is 2.26. The highest BCUT2D eigenvalue weighted by molar-refractivity contribution is 5.85. The molecule has 0 heterocycles. The van der Waals surface area contributed by atoms with Crippen molar-refractivity contribution < 1.29 is 22.7 Å².